The Kier molecular flexibility index (Phi) is 5.34. The van der Waals surface area contributed by atoms with Gasteiger partial charge >= 0.3 is 0 Å². The molecule has 6 nitrogen and oxygen atoms in total. The normalized spacial score (nSPS) is 10.6. The molecule has 0 fully saturated rings. The van der Waals surface area contributed by atoms with Gasteiger partial charge in [0.2, 0.25) is 11.1 Å². The lowest BCUT2D eigenvalue weighted by Crippen LogP contribution is -2.16. The summed E-state index contributed by atoms with van der Waals surface area (Å²) in [7, 11) is 0. The minimum Gasteiger partial charge on any atom is -0.335 e. The Balaban J connectivity index is 1.65. The van der Waals surface area contributed by atoms with Crippen LogP contribution in [0.1, 0.15) is 0 Å². The molecule has 9 heteroatoms. The first-order chi connectivity index (χ1) is 12.0. The van der Waals surface area contributed by atoms with Crippen molar-refractivity contribution in [3.8, 4) is 11.4 Å². The molecule has 0 aliphatic carbocycles. The molecule has 1 heterocycles. The van der Waals surface area contributed by atoms with Crippen LogP contribution in [0.15, 0.2) is 58.2 Å². The molecular formula is C16H13BrFN5OS. The predicted octanol–water partition coefficient (Wildman–Crippen LogP) is 3.29. The average Bonchev–Trinajstić information content (AvgIpc) is 2.96. The van der Waals surface area contributed by atoms with Gasteiger partial charge in [0.1, 0.15) is 5.82 Å². The molecule has 0 saturated carbocycles. The van der Waals surface area contributed by atoms with E-state index < -0.39 is 5.82 Å². The van der Waals surface area contributed by atoms with Crippen molar-refractivity contribution in [3.05, 3.63) is 58.8 Å². The van der Waals surface area contributed by atoms with Crippen LogP contribution in [0.4, 0.5) is 10.1 Å². The maximum Gasteiger partial charge on any atom is 0.234 e. The van der Waals surface area contributed by atoms with Crippen molar-refractivity contribution in [2.24, 2.45) is 0 Å². The van der Waals surface area contributed by atoms with E-state index in [1.807, 2.05) is 12.1 Å². The number of nitrogens with one attached hydrogen (secondary N) is 1. The topological polar surface area (TPSA) is 85.8 Å². The van der Waals surface area contributed by atoms with Crippen LogP contribution in [0.2, 0.25) is 0 Å². The van der Waals surface area contributed by atoms with Gasteiger partial charge in [0.05, 0.1) is 11.3 Å². The number of aromatic nitrogens is 3. The van der Waals surface area contributed by atoms with Crippen molar-refractivity contribution in [1.29, 1.82) is 0 Å². The molecule has 0 aliphatic rings. The summed E-state index contributed by atoms with van der Waals surface area (Å²) < 4.78 is 15.9. The van der Waals surface area contributed by atoms with Crippen LogP contribution in [0, 0.1) is 5.82 Å². The summed E-state index contributed by atoms with van der Waals surface area (Å²) in [6.07, 6.45) is 0. The summed E-state index contributed by atoms with van der Waals surface area (Å²) in [6, 6.07) is 13.4. The van der Waals surface area contributed by atoms with Crippen molar-refractivity contribution in [3.63, 3.8) is 0 Å². The zero-order chi connectivity index (χ0) is 17.8. The molecule has 0 bridgehead atoms. The van der Waals surface area contributed by atoms with Gasteiger partial charge in [-0.15, -0.1) is 10.2 Å². The van der Waals surface area contributed by atoms with Gasteiger partial charge < -0.3 is 11.2 Å². The lowest BCUT2D eigenvalue weighted by atomic mass is 10.2. The van der Waals surface area contributed by atoms with Gasteiger partial charge in [0.25, 0.3) is 0 Å². The van der Waals surface area contributed by atoms with E-state index in [1.165, 1.54) is 10.7 Å². The number of nitrogens with two attached hydrogens (primary N) is 1. The molecule has 3 aromatic rings. The number of hydrogen-bond donors (Lipinski definition) is 2. The molecule has 3 rings (SSSR count). The standard InChI is InChI=1S/C16H13BrFN5OS/c17-10-5-7-11(8-6-10)20-14(24)9-25-16-22-21-15(23(16)19)12-3-1-2-4-13(12)18/h1-8H,9,19H2,(H,20,24). The second kappa shape index (κ2) is 7.66. The van der Waals surface area contributed by atoms with Crippen LogP contribution >= 0.6 is 27.7 Å². The lowest BCUT2D eigenvalue weighted by molar-refractivity contribution is -0.113. The summed E-state index contributed by atoms with van der Waals surface area (Å²) >= 11 is 4.45. The van der Waals surface area contributed by atoms with Crippen LogP contribution in [0.25, 0.3) is 11.4 Å². The molecule has 0 unspecified atom stereocenters. The molecule has 1 aromatic heterocycles. The van der Waals surface area contributed by atoms with E-state index in [0.717, 1.165) is 16.2 Å². The van der Waals surface area contributed by atoms with Crippen molar-refractivity contribution in [1.82, 2.24) is 14.9 Å². The first kappa shape index (κ1) is 17.4. The number of benzene rings is 2. The van der Waals surface area contributed by atoms with Gasteiger partial charge in [-0.05, 0) is 36.4 Å². The average molecular weight is 422 g/mol. The Morgan fingerprint density at radius 2 is 1.92 bits per heavy atom. The number of thioether (sulfide) groups is 1. The van der Waals surface area contributed by atoms with Crippen LogP contribution in [0.3, 0.4) is 0 Å². The molecule has 0 saturated heterocycles. The molecule has 3 N–H and O–H groups in total. The SMILES string of the molecule is Nn1c(SCC(=O)Nc2ccc(Br)cc2)nnc1-c1ccccc1F. The Morgan fingerprint density at radius 1 is 1.20 bits per heavy atom. The summed E-state index contributed by atoms with van der Waals surface area (Å²) in [6.45, 7) is 0. The van der Waals surface area contributed by atoms with E-state index in [2.05, 4.69) is 31.4 Å². The van der Waals surface area contributed by atoms with Crippen molar-refractivity contribution in [2.45, 2.75) is 5.16 Å². The highest BCUT2D eigenvalue weighted by molar-refractivity contribution is 9.10. The third kappa shape index (κ3) is 4.18. The quantitative estimate of drug-likeness (QED) is 0.487. The van der Waals surface area contributed by atoms with E-state index in [9.17, 15) is 9.18 Å². The molecule has 128 valence electrons. The Bertz CT molecular complexity index is 900. The third-order valence-electron chi connectivity index (χ3n) is 3.24. The molecule has 0 aliphatic heterocycles. The van der Waals surface area contributed by atoms with E-state index >= 15 is 0 Å². The molecule has 0 atom stereocenters. The van der Waals surface area contributed by atoms with Gasteiger partial charge in [-0.1, -0.05) is 39.8 Å². The lowest BCUT2D eigenvalue weighted by Gasteiger charge is -2.06. The van der Waals surface area contributed by atoms with Crippen LogP contribution < -0.4 is 11.2 Å². The fraction of sp³-hybridized carbons (Fsp3) is 0.0625. The Morgan fingerprint density at radius 3 is 2.64 bits per heavy atom. The van der Waals surface area contributed by atoms with Gasteiger partial charge in [-0.3, -0.25) is 4.79 Å². The monoisotopic (exact) mass is 421 g/mol. The highest BCUT2D eigenvalue weighted by atomic mass is 79.9. The van der Waals surface area contributed by atoms with E-state index in [-0.39, 0.29) is 23.0 Å². The van der Waals surface area contributed by atoms with Crippen LogP contribution in [-0.2, 0) is 4.79 Å². The maximum atomic E-state index is 13.8. The van der Waals surface area contributed by atoms with Gasteiger partial charge in [-0.25, -0.2) is 9.07 Å². The second-order valence-corrected chi connectivity index (χ2v) is 6.86. The first-order valence-corrected chi connectivity index (χ1v) is 8.96. The molecule has 0 spiro atoms. The van der Waals surface area contributed by atoms with Crippen molar-refractivity contribution < 1.29 is 9.18 Å². The molecule has 1 amide bonds. The highest BCUT2D eigenvalue weighted by Crippen LogP contribution is 2.23. The number of nitrogens with zero attached hydrogens (tertiary/aromatic N) is 3. The molecule has 0 radical (unpaired) electrons. The summed E-state index contributed by atoms with van der Waals surface area (Å²) in [4.78, 5) is 12.0. The van der Waals surface area contributed by atoms with E-state index in [0.29, 0.717) is 10.8 Å². The van der Waals surface area contributed by atoms with E-state index in [1.54, 1.807) is 30.3 Å². The summed E-state index contributed by atoms with van der Waals surface area (Å²) in [5.74, 6) is 5.58. The molecule has 2 aromatic carbocycles. The molecule has 25 heavy (non-hydrogen) atoms. The van der Waals surface area contributed by atoms with Gasteiger partial charge in [0.15, 0.2) is 5.82 Å². The predicted molar refractivity (Wildman–Crippen MR) is 99.1 cm³/mol. The van der Waals surface area contributed by atoms with Crippen molar-refractivity contribution >= 4 is 39.3 Å². The van der Waals surface area contributed by atoms with Gasteiger partial charge in [-0.2, -0.15) is 0 Å². The van der Waals surface area contributed by atoms with Crippen LogP contribution in [-0.4, -0.2) is 26.5 Å². The number of halogens is 2. The fourth-order valence-electron chi connectivity index (χ4n) is 2.06. The highest BCUT2D eigenvalue weighted by Gasteiger charge is 2.16. The Labute approximate surface area is 155 Å². The Hall–Kier alpha value is -2.39. The van der Waals surface area contributed by atoms with Crippen molar-refractivity contribution in [2.75, 3.05) is 16.9 Å². The minimum atomic E-state index is -0.439. The van der Waals surface area contributed by atoms with E-state index in [4.69, 9.17) is 5.84 Å². The maximum absolute atomic E-state index is 13.8. The number of rotatable bonds is 5. The number of carbonyl (C=O) groups excluding carboxylic acids is 1. The largest absolute Gasteiger partial charge is 0.335 e. The summed E-state index contributed by atoms with van der Waals surface area (Å²) in [5.41, 5.74) is 0.943. The zero-order valence-corrected chi connectivity index (χ0v) is 15.2. The number of hydrogen-bond acceptors (Lipinski definition) is 5. The second-order valence-electron chi connectivity index (χ2n) is 5.00. The number of anilines is 1. The molecular weight excluding hydrogens is 409 g/mol. The van der Waals surface area contributed by atoms with Gasteiger partial charge in [0, 0.05) is 10.2 Å². The van der Waals surface area contributed by atoms with Crippen LogP contribution in [0.5, 0.6) is 0 Å². The fourth-order valence-corrected chi connectivity index (χ4v) is 2.98. The minimum absolute atomic E-state index is 0.0999. The smallest absolute Gasteiger partial charge is 0.234 e. The zero-order valence-electron chi connectivity index (χ0n) is 12.8. The summed E-state index contributed by atoms with van der Waals surface area (Å²) in [5, 5.41) is 10.9. The number of amides is 1. The number of nitrogen functional groups attached to an aromatic ring is 1. The number of carbonyl (C=O) groups is 1. The first-order valence-electron chi connectivity index (χ1n) is 7.18. The third-order valence-corrected chi connectivity index (χ3v) is 4.71.